The van der Waals surface area contributed by atoms with Crippen molar-refractivity contribution in [3.63, 3.8) is 0 Å². The summed E-state index contributed by atoms with van der Waals surface area (Å²) in [5.41, 5.74) is 1.12. The second kappa shape index (κ2) is 7.83. The van der Waals surface area contributed by atoms with Crippen LogP contribution in [-0.2, 0) is 4.79 Å². The van der Waals surface area contributed by atoms with Crippen LogP contribution in [-0.4, -0.2) is 48.5 Å². The number of fused-ring (bicyclic) bond motifs is 1. The number of thiazole rings is 1. The molecule has 0 atom stereocenters. The minimum Gasteiger partial charge on any atom is -0.338 e. The van der Waals surface area contributed by atoms with Crippen LogP contribution in [0.2, 0.25) is 0 Å². The number of hydrogen-bond donors (Lipinski definition) is 1. The van der Waals surface area contributed by atoms with Gasteiger partial charge in [0, 0.05) is 19.0 Å². The zero-order valence-corrected chi connectivity index (χ0v) is 15.7. The standard InChI is InChI=1S/C20H27N3OS/c24-19(15-22-11-5-1-2-6-12-22)23-13-9-16(10-14-23)20-21-17-7-3-4-8-18(17)25-20/h3-4,7-8,16H,1-2,5-6,9-15H2/p+1. The molecule has 5 heteroatoms. The zero-order chi connectivity index (χ0) is 17.1. The van der Waals surface area contributed by atoms with Crippen molar-refractivity contribution < 1.29 is 9.69 Å². The maximum absolute atomic E-state index is 12.7. The fraction of sp³-hybridized carbons (Fsp3) is 0.600. The molecule has 0 spiro atoms. The van der Waals surface area contributed by atoms with Gasteiger partial charge in [-0.2, -0.15) is 0 Å². The highest BCUT2D eigenvalue weighted by molar-refractivity contribution is 7.18. The van der Waals surface area contributed by atoms with E-state index in [-0.39, 0.29) is 0 Å². The van der Waals surface area contributed by atoms with Gasteiger partial charge in [-0.15, -0.1) is 11.3 Å². The van der Waals surface area contributed by atoms with Gasteiger partial charge in [0.25, 0.3) is 5.91 Å². The summed E-state index contributed by atoms with van der Waals surface area (Å²) in [7, 11) is 0. The van der Waals surface area contributed by atoms with Crippen LogP contribution in [0.15, 0.2) is 24.3 Å². The van der Waals surface area contributed by atoms with Crippen LogP contribution in [0.4, 0.5) is 0 Å². The number of piperidine rings is 1. The van der Waals surface area contributed by atoms with E-state index in [1.807, 2.05) is 11.3 Å². The van der Waals surface area contributed by atoms with Crippen molar-refractivity contribution in [2.75, 3.05) is 32.7 Å². The molecule has 2 fully saturated rings. The van der Waals surface area contributed by atoms with Gasteiger partial charge in [0.2, 0.25) is 0 Å². The third kappa shape index (κ3) is 4.04. The van der Waals surface area contributed by atoms with E-state index < -0.39 is 0 Å². The quantitative estimate of drug-likeness (QED) is 0.915. The number of rotatable bonds is 3. The molecular weight excluding hydrogens is 330 g/mol. The van der Waals surface area contributed by atoms with Gasteiger partial charge >= 0.3 is 0 Å². The average molecular weight is 359 g/mol. The lowest BCUT2D eigenvalue weighted by atomic mass is 9.97. The predicted molar refractivity (Wildman–Crippen MR) is 102 cm³/mol. The Morgan fingerprint density at radius 3 is 2.56 bits per heavy atom. The number of nitrogens with one attached hydrogen (secondary N) is 1. The Morgan fingerprint density at radius 2 is 1.84 bits per heavy atom. The minimum absolute atomic E-state index is 0.361. The van der Waals surface area contributed by atoms with E-state index in [1.165, 1.54) is 53.4 Å². The molecule has 0 saturated carbocycles. The van der Waals surface area contributed by atoms with E-state index >= 15 is 0 Å². The summed E-state index contributed by atoms with van der Waals surface area (Å²) in [5, 5.41) is 1.26. The number of quaternary nitrogens is 1. The number of hydrogen-bond acceptors (Lipinski definition) is 3. The van der Waals surface area contributed by atoms with Crippen molar-refractivity contribution in [2.45, 2.75) is 44.4 Å². The van der Waals surface area contributed by atoms with E-state index in [0.717, 1.165) is 31.4 Å². The molecule has 0 radical (unpaired) electrons. The minimum atomic E-state index is 0.361. The van der Waals surface area contributed by atoms with Gasteiger partial charge in [-0.25, -0.2) is 4.98 Å². The van der Waals surface area contributed by atoms with Crippen molar-refractivity contribution >= 4 is 27.5 Å². The molecule has 0 bridgehead atoms. The van der Waals surface area contributed by atoms with Gasteiger partial charge < -0.3 is 9.80 Å². The molecule has 4 nitrogen and oxygen atoms in total. The Kier molecular flexibility index (Phi) is 5.32. The first kappa shape index (κ1) is 17.0. The number of benzene rings is 1. The van der Waals surface area contributed by atoms with Crippen molar-refractivity contribution in [1.82, 2.24) is 9.88 Å². The second-order valence-electron chi connectivity index (χ2n) is 7.52. The maximum atomic E-state index is 12.7. The van der Waals surface area contributed by atoms with Crippen LogP contribution in [0.1, 0.15) is 49.5 Å². The molecule has 2 aromatic rings. The van der Waals surface area contributed by atoms with Crippen molar-refractivity contribution in [1.29, 1.82) is 0 Å². The van der Waals surface area contributed by atoms with Gasteiger partial charge in [0.1, 0.15) is 0 Å². The van der Waals surface area contributed by atoms with Crippen LogP contribution in [0.3, 0.4) is 0 Å². The number of nitrogens with zero attached hydrogens (tertiary/aromatic N) is 2. The molecule has 1 aromatic carbocycles. The van der Waals surface area contributed by atoms with Crippen LogP contribution in [0.25, 0.3) is 10.2 Å². The Bertz CT molecular complexity index is 680. The lowest BCUT2D eigenvalue weighted by Crippen LogP contribution is -3.13. The normalized spacial score (nSPS) is 20.7. The van der Waals surface area contributed by atoms with Gasteiger partial charge in [-0.05, 0) is 50.7 Å². The lowest BCUT2D eigenvalue weighted by molar-refractivity contribution is -0.891. The van der Waals surface area contributed by atoms with Crippen LogP contribution >= 0.6 is 11.3 Å². The Labute approximate surface area is 153 Å². The molecule has 2 aliphatic rings. The number of carbonyl (C=O) groups excluding carboxylic acids is 1. The van der Waals surface area contributed by atoms with Crippen LogP contribution in [0.5, 0.6) is 0 Å². The molecule has 1 N–H and O–H groups in total. The molecule has 134 valence electrons. The predicted octanol–water partition coefficient (Wildman–Crippen LogP) is 2.46. The first-order valence-corrected chi connectivity index (χ1v) is 10.6. The largest absolute Gasteiger partial charge is 0.338 e. The summed E-state index contributed by atoms with van der Waals surface area (Å²) in [6, 6.07) is 8.38. The highest BCUT2D eigenvalue weighted by Crippen LogP contribution is 2.33. The molecule has 2 aliphatic heterocycles. The molecule has 4 rings (SSSR count). The highest BCUT2D eigenvalue weighted by atomic mass is 32.1. The fourth-order valence-electron chi connectivity index (χ4n) is 4.17. The van der Waals surface area contributed by atoms with E-state index in [2.05, 4.69) is 29.2 Å². The average Bonchev–Trinajstić information content (AvgIpc) is 2.92. The van der Waals surface area contributed by atoms with E-state index in [0.29, 0.717) is 18.4 Å². The summed E-state index contributed by atoms with van der Waals surface area (Å²) < 4.78 is 1.28. The van der Waals surface area contributed by atoms with Crippen molar-refractivity contribution in [3.8, 4) is 0 Å². The van der Waals surface area contributed by atoms with Crippen molar-refractivity contribution in [2.24, 2.45) is 0 Å². The van der Waals surface area contributed by atoms with Gasteiger partial charge in [0.05, 0.1) is 28.3 Å². The van der Waals surface area contributed by atoms with Crippen LogP contribution < -0.4 is 4.90 Å². The Hall–Kier alpha value is -1.46. The summed E-state index contributed by atoms with van der Waals surface area (Å²) in [4.78, 5) is 21.1. The lowest BCUT2D eigenvalue weighted by Gasteiger charge is -2.31. The summed E-state index contributed by atoms with van der Waals surface area (Å²) in [6.07, 6.45) is 7.35. The molecule has 0 unspecified atom stereocenters. The SMILES string of the molecule is O=C(C[NH+]1CCCCCC1)N1CCC(c2nc3ccccc3s2)CC1. The van der Waals surface area contributed by atoms with E-state index in [1.54, 1.807) is 0 Å². The van der Waals surface area contributed by atoms with Crippen LogP contribution in [0, 0.1) is 0 Å². The molecule has 3 heterocycles. The smallest absolute Gasteiger partial charge is 0.277 e. The molecule has 1 aromatic heterocycles. The summed E-state index contributed by atoms with van der Waals surface area (Å²) >= 11 is 1.83. The fourth-order valence-corrected chi connectivity index (χ4v) is 5.31. The zero-order valence-electron chi connectivity index (χ0n) is 14.9. The second-order valence-corrected chi connectivity index (χ2v) is 8.58. The number of likely N-dealkylation sites (tertiary alicyclic amines) is 2. The Balaban J connectivity index is 1.32. The summed E-state index contributed by atoms with van der Waals surface area (Å²) in [5.74, 6) is 0.881. The number of aromatic nitrogens is 1. The molecule has 0 aliphatic carbocycles. The van der Waals surface area contributed by atoms with Crippen molar-refractivity contribution in [3.05, 3.63) is 29.3 Å². The maximum Gasteiger partial charge on any atom is 0.277 e. The third-order valence-corrected chi connectivity index (χ3v) is 6.92. The topological polar surface area (TPSA) is 37.6 Å². The monoisotopic (exact) mass is 358 g/mol. The van der Waals surface area contributed by atoms with E-state index in [4.69, 9.17) is 4.98 Å². The number of carbonyl (C=O) groups is 1. The first-order valence-electron chi connectivity index (χ1n) is 9.76. The Morgan fingerprint density at radius 1 is 1.12 bits per heavy atom. The third-order valence-electron chi connectivity index (χ3n) is 5.72. The summed E-state index contributed by atoms with van der Waals surface area (Å²) in [6.45, 7) is 4.84. The molecule has 25 heavy (non-hydrogen) atoms. The molecule has 1 amide bonds. The van der Waals surface area contributed by atoms with E-state index in [9.17, 15) is 4.79 Å². The molecular formula is C20H28N3OS+. The number of amides is 1. The van der Waals surface area contributed by atoms with Gasteiger partial charge in [0.15, 0.2) is 6.54 Å². The van der Waals surface area contributed by atoms with Gasteiger partial charge in [-0.1, -0.05) is 12.1 Å². The van der Waals surface area contributed by atoms with Gasteiger partial charge in [-0.3, -0.25) is 4.79 Å². The highest BCUT2D eigenvalue weighted by Gasteiger charge is 2.28. The number of para-hydroxylation sites is 1. The first-order chi connectivity index (χ1) is 12.3. The molecule has 2 saturated heterocycles.